The summed E-state index contributed by atoms with van der Waals surface area (Å²) in [5.74, 6) is -0.313. The van der Waals surface area contributed by atoms with Gasteiger partial charge in [0.25, 0.3) is 5.91 Å². The number of rotatable bonds is 4. The Morgan fingerprint density at radius 3 is 2.41 bits per heavy atom. The van der Waals surface area contributed by atoms with E-state index in [1.54, 1.807) is 30.3 Å². The second-order valence-electron chi connectivity index (χ2n) is 4.75. The van der Waals surface area contributed by atoms with Gasteiger partial charge in [-0.05, 0) is 46.3 Å². The lowest BCUT2D eigenvalue weighted by atomic mass is 10.2. The number of anilines is 1. The number of carbonyl (C=O) groups is 1. The maximum Gasteiger partial charge on any atom is 0.256 e. The van der Waals surface area contributed by atoms with Gasteiger partial charge < -0.3 is 5.32 Å². The van der Waals surface area contributed by atoms with Crippen LogP contribution in [0, 0.1) is 0 Å². The summed E-state index contributed by atoms with van der Waals surface area (Å²) in [7, 11) is -0.615. The van der Waals surface area contributed by atoms with Gasteiger partial charge >= 0.3 is 0 Å². The second-order valence-corrected chi connectivity index (χ2v) is 7.76. The normalized spacial score (nSPS) is 11.5. The summed E-state index contributed by atoms with van der Waals surface area (Å²) in [5, 5.41) is 2.70. The first-order valence-electron chi connectivity index (χ1n) is 6.41. The third kappa shape index (κ3) is 3.55. The van der Waals surface area contributed by atoms with Crippen molar-refractivity contribution in [1.29, 1.82) is 0 Å². The van der Waals surface area contributed by atoms with Crippen LogP contribution in [-0.4, -0.2) is 32.7 Å². The minimum atomic E-state index is -3.54. The third-order valence-electron chi connectivity index (χ3n) is 2.99. The highest BCUT2D eigenvalue weighted by molar-refractivity contribution is 9.10. The third-order valence-corrected chi connectivity index (χ3v) is 5.49. The van der Waals surface area contributed by atoms with Gasteiger partial charge in [0.1, 0.15) is 0 Å². The van der Waals surface area contributed by atoms with E-state index in [1.807, 2.05) is 6.07 Å². The SMILES string of the molecule is CN(C)S(=O)(=O)c1cccc(NC(=O)c2ccccc2Br)c1. The van der Waals surface area contributed by atoms with Crippen LogP contribution in [0.4, 0.5) is 5.69 Å². The molecule has 7 heteroatoms. The van der Waals surface area contributed by atoms with Crippen molar-refractivity contribution >= 4 is 37.5 Å². The molecule has 0 atom stereocenters. The Morgan fingerprint density at radius 1 is 1.09 bits per heavy atom. The van der Waals surface area contributed by atoms with Gasteiger partial charge in [-0.2, -0.15) is 0 Å². The van der Waals surface area contributed by atoms with E-state index in [4.69, 9.17) is 0 Å². The van der Waals surface area contributed by atoms with E-state index in [9.17, 15) is 13.2 Å². The number of carbonyl (C=O) groups excluding carboxylic acids is 1. The van der Waals surface area contributed by atoms with Crippen LogP contribution >= 0.6 is 15.9 Å². The molecule has 0 aliphatic rings. The van der Waals surface area contributed by atoms with E-state index in [2.05, 4.69) is 21.2 Å². The quantitative estimate of drug-likeness (QED) is 0.883. The summed E-state index contributed by atoms with van der Waals surface area (Å²) in [6.07, 6.45) is 0. The van der Waals surface area contributed by atoms with Gasteiger partial charge in [-0.1, -0.05) is 18.2 Å². The molecule has 0 fully saturated rings. The van der Waals surface area contributed by atoms with Gasteiger partial charge in [-0.15, -0.1) is 0 Å². The van der Waals surface area contributed by atoms with Crippen molar-refractivity contribution in [1.82, 2.24) is 4.31 Å². The maximum atomic E-state index is 12.2. The Bertz CT molecular complexity index is 804. The molecular weight excluding hydrogens is 368 g/mol. The van der Waals surface area contributed by atoms with Gasteiger partial charge in [-0.25, -0.2) is 12.7 Å². The van der Waals surface area contributed by atoms with Crippen molar-refractivity contribution in [3.8, 4) is 0 Å². The predicted octanol–water partition coefficient (Wildman–Crippen LogP) is 2.95. The maximum absolute atomic E-state index is 12.2. The molecule has 5 nitrogen and oxygen atoms in total. The standard InChI is InChI=1S/C15H15BrN2O3S/c1-18(2)22(20,21)12-7-5-6-11(10-12)17-15(19)13-8-3-4-9-14(13)16/h3-10H,1-2H3,(H,17,19). The first kappa shape index (κ1) is 16.7. The van der Waals surface area contributed by atoms with Gasteiger partial charge in [0.15, 0.2) is 0 Å². The van der Waals surface area contributed by atoms with Crippen molar-refractivity contribution in [2.75, 3.05) is 19.4 Å². The van der Waals surface area contributed by atoms with Crippen molar-refractivity contribution in [2.24, 2.45) is 0 Å². The molecule has 0 heterocycles. The van der Waals surface area contributed by atoms with Gasteiger partial charge in [0.2, 0.25) is 10.0 Å². The highest BCUT2D eigenvalue weighted by atomic mass is 79.9. The Hall–Kier alpha value is -1.70. The molecule has 2 aromatic carbocycles. The van der Waals surface area contributed by atoms with Crippen LogP contribution in [0.15, 0.2) is 57.9 Å². The lowest BCUT2D eigenvalue weighted by molar-refractivity contribution is 0.102. The Balaban J connectivity index is 2.29. The topological polar surface area (TPSA) is 66.5 Å². The number of amides is 1. The zero-order valence-corrected chi connectivity index (χ0v) is 14.5. The summed E-state index contributed by atoms with van der Waals surface area (Å²) in [4.78, 5) is 12.4. The van der Waals surface area contributed by atoms with Crippen LogP contribution in [0.25, 0.3) is 0 Å². The highest BCUT2D eigenvalue weighted by Gasteiger charge is 2.18. The average Bonchev–Trinajstić information content (AvgIpc) is 2.47. The molecule has 2 aromatic rings. The Labute approximate surface area is 138 Å². The molecule has 0 aromatic heterocycles. The Morgan fingerprint density at radius 2 is 1.77 bits per heavy atom. The van der Waals surface area contributed by atoms with Crippen LogP contribution in [0.1, 0.15) is 10.4 Å². The number of nitrogens with one attached hydrogen (secondary N) is 1. The molecule has 0 aliphatic carbocycles. The number of hydrogen-bond donors (Lipinski definition) is 1. The van der Waals surface area contributed by atoms with Gasteiger partial charge in [0.05, 0.1) is 10.5 Å². The predicted molar refractivity (Wildman–Crippen MR) is 89.4 cm³/mol. The van der Waals surface area contributed by atoms with Crippen molar-refractivity contribution in [3.63, 3.8) is 0 Å². The van der Waals surface area contributed by atoms with Crippen LogP contribution in [0.3, 0.4) is 0 Å². The fraction of sp³-hybridized carbons (Fsp3) is 0.133. The number of hydrogen-bond acceptors (Lipinski definition) is 3. The van der Waals surface area contributed by atoms with Crippen LogP contribution in [-0.2, 0) is 10.0 Å². The molecule has 116 valence electrons. The van der Waals surface area contributed by atoms with E-state index in [0.29, 0.717) is 15.7 Å². The molecule has 22 heavy (non-hydrogen) atoms. The van der Waals surface area contributed by atoms with E-state index < -0.39 is 10.0 Å². The summed E-state index contributed by atoms with van der Waals surface area (Å²) in [6, 6.07) is 13.2. The lowest BCUT2D eigenvalue weighted by Crippen LogP contribution is -2.22. The largest absolute Gasteiger partial charge is 0.322 e. The molecule has 1 N–H and O–H groups in total. The molecule has 0 saturated heterocycles. The Kier molecular flexibility index (Phi) is 5.00. The molecule has 0 radical (unpaired) electrons. The number of halogens is 1. The molecular formula is C15H15BrN2O3S. The second kappa shape index (κ2) is 6.60. The average molecular weight is 383 g/mol. The summed E-state index contributed by atoms with van der Waals surface area (Å²) in [6.45, 7) is 0. The molecule has 0 saturated carbocycles. The van der Waals surface area contributed by atoms with Crippen LogP contribution < -0.4 is 5.32 Å². The fourth-order valence-electron chi connectivity index (χ4n) is 1.79. The first-order chi connectivity index (χ1) is 10.3. The van der Waals surface area contributed by atoms with Gasteiger partial charge in [-0.3, -0.25) is 4.79 Å². The molecule has 0 bridgehead atoms. The van der Waals surface area contributed by atoms with Crippen molar-refractivity contribution in [2.45, 2.75) is 4.90 Å². The molecule has 0 aliphatic heterocycles. The number of nitrogens with zero attached hydrogens (tertiary/aromatic N) is 1. The van der Waals surface area contributed by atoms with E-state index in [0.717, 1.165) is 4.31 Å². The van der Waals surface area contributed by atoms with E-state index in [-0.39, 0.29) is 10.8 Å². The highest BCUT2D eigenvalue weighted by Crippen LogP contribution is 2.20. The smallest absolute Gasteiger partial charge is 0.256 e. The summed E-state index contributed by atoms with van der Waals surface area (Å²) >= 11 is 3.31. The number of sulfonamides is 1. The molecule has 0 spiro atoms. The lowest BCUT2D eigenvalue weighted by Gasteiger charge is -2.13. The molecule has 0 unspecified atom stereocenters. The van der Waals surface area contributed by atoms with E-state index in [1.165, 1.54) is 26.2 Å². The monoisotopic (exact) mass is 382 g/mol. The minimum absolute atomic E-state index is 0.127. The van der Waals surface area contributed by atoms with E-state index >= 15 is 0 Å². The zero-order valence-electron chi connectivity index (χ0n) is 12.1. The summed E-state index contributed by atoms with van der Waals surface area (Å²) in [5.41, 5.74) is 0.895. The molecule has 2 rings (SSSR count). The van der Waals surface area contributed by atoms with Crippen LogP contribution in [0.2, 0.25) is 0 Å². The van der Waals surface area contributed by atoms with Gasteiger partial charge in [0, 0.05) is 24.3 Å². The van der Waals surface area contributed by atoms with Crippen molar-refractivity contribution in [3.05, 3.63) is 58.6 Å². The fourth-order valence-corrected chi connectivity index (χ4v) is 3.20. The zero-order chi connectivity index (χ0) is 16.3. The van der Waals surface area contributed by atoms with Crippen molar-refractivity contribution < 1.29 is 13.2 Å². The minimum Gasteiger partial charge on any atom is -0.322 e. The summed E-state index contributed by atoms with van der Waals surface area (Å²) < 4.78 is 26.0. The first-order valence-corrected chi connectivity index (χ1v) is 8.64. The van der Waals surface area contributed by atoms with Crippen LogP contribution in [0.5, 0.6) is 0 Å². The number of benzene rings is 2. The molecule has 1 amide bonds.